The number of hydrogen-bond donors (Lipinski definition) is 2. The first kappa shape index (κ1) is 16.9. The molecule has 0 bridgehead atoms. The van der Waals surface area contributed by atoms with Gasteiger partial charge in [-0.05, 0) is 44.2 Å². The molecule has 7 heteroatoms. The fourth-order valence-corrected chi connectivity index (χ4v) is 3.53. The highest BCUT2D eigenvalue weighted by atomic mass is 32.1. The van der Waals surface area contributed by atoms with E-state index in [1.165, 1.54) is 18.3 Å². The molecule has 0 saturated heterocycles. The van der Waals surface area contributed by atoms with E-state index in [-0.39, 0.29) is 11.7 Å². The summed E-state index contributed by atoms with van der Waals surface area (Å²) in [6.07, 6.45) is 0. The van der Waals surface area contributed by atoms with Crippen molar-refractivity contribution in [2.24, 2.45) is 0 Å². The van der Waals surface area contributed by atoms with Crippen LogP contribution in [-0.4, -0.2) is 23.8 Å². The number of carbonyl (C=O) groups excluding carboxylic acids is 2. The van der Waals surface area contributed by atoms with E-state index in [9.17, 15) is 9.59 Å². The summed E-state index contributed by atoms with van der Waals surface area (Å²) in [6.45, 7) is 3.25. The minimum absolute atomic E-state index is 0.0817. The van der Waals surface area contributed by atoms with E-state index < -0.39 is 0 Å². The standard InChI is InChI=1S/C18H17N3O3S/c1-9-13(10(2)22)8-14-15(19)16(25-18(14)20-9)17(23)21-11-4-6-12(24-3)7-5-11/h4-8H,19H2,1-3H3,(H,21,23). The zero-order valence-corrected chi connectivity index (χ0v) is 14.9. The number of nitrogens with two attached hydrogens (primary N) is 1. The zero-order chi connectivity index (χ0) is 18.1. The maximum Gasteiger partial charge on any atom is 0.267 e. The molecular weight excluding hydrogens is 338 g/mol. The number of ether oxygens (including phenoxy) is 1. The van der Waals surface area contributed by atoms with Crippen molar-refractivity contribution in [3.63, 3.8) is 0 Å². The Kier molecular flexibility index (Phi) is 4.41. The number of hydrogen-bond acceptors (Lipinski definition) is 6. The van der Waals surface area contributed by atoms with Gasteiger partial charge >= 0.3 is 0 Å². The van der Waals surface area contributed by atoms with Gasteiger partial charge in [-0.25, -0.2) is 4.98 Å². The molecular formula is C18H17N3O3S. The van der Waals surface area contributed by atoms with Gasteiger partial charge in [0.15, 0.2) is 5.78 Å². The fourth-order valence-electron chi connectivity index (χ4n) is 2.52. The number of aryl methyl sites for hydroxylation is 1. The third-order valence-electron chi connectivity index (χ3n) is 3.85. The highest BCUT2D eigenvalue weighted by Gasteiger charge is 2.19. The molecule has 3 rings (SSSR count). The number of anilines is 2. The third-order valence-corrected chi connectivity index (χ3v) is 4.96. The van der Waals surface area contributed by atoms with Crippen LogP contribution in [0, 0.1) is 6.92 Å². The van der Waals surface area contributed by atoms with Crippen LogP contribution in [0.4, 0.5) is 11.4 Å². The van der Waals surface area contributed by atoms with E-state index in [0.717, 1.165) is 0 Å². The molecule has 3 N–H and O–H groups in total. The Labute approximate surface area is 148 Å². The van der Waals surface area contributed by atoms with E-state index in [2.05, 4.69) is 10.3 Å². The van der Waals surface area contributed by atoms with Crippen LogP contribution in [0.2, 0.25) is 0 Å². The summed E-state index contributed by atoms with van der Waals surface area (Å²) >= 11 is 1.21. The average Bonchev–Trinajstić information content (AvgIpc) is 2.90. The van der Waals surface area contributed by atoms with Gasteiger partial charge in [0.2, 0.25) is 0 Å². The van der Waals surface area contributed by atoms with Gasteiger partial charge in [-0.1, -0.05) is 0 Å². The van der Waals surface area contributed by atoms with Crippen LogP contribution >= 0.6 is 11.3 Å². The number of rotatable bonds is 4. The topological polar surface area (TPSA) is 94.3 Å². The van der Waals surface area contributed by atoms with E-state index in [4.69, 9.17) is 10.5 Å². The van der Waals surface area contributed by atoms with E-state index in [1.54, 1.807) is 44.4 Å². The van der Waals surface area contributed by atoms with E-state index >= 15 is 0 Å². The van der Waals surface area contributed by atoms with Gasteiger partial charge < -0.3 is 15.8 Å². The molecule has 6 nitrogen and oxygen atoms in total. The summed E-state index contributed by atoms with van der Waals surface area (Å²) in [5, 5.41) is 3.43. The van der Waals surface area contributed by atoms with Crippen LogP contribution in [0.15, 0.2) is 30.3 Å². The Bertz CT molecular complexity index is 977. The number of methoxy groups -OCH3 is 1. The molecule has 1 amide bonds. The molecule has 0 fully saturated rings. The molecule has 3 aromatic rings. The number of ketones is 1. The van der Waals surface area contributed by atoms with E-state index in [1.807, 2.05) is 0 Å². The van der Waals surface area contributed by atoms with Gasteiger partial charge in [-0.3, -0.25) is 9.59 Å². The maximum absolute atomic E-state index is 12.6. The number of fused-ring (bicyclic) bond motifs is 1. The minimum Gasteiger partial charge on any atom is -0.497 e. The Hall–Kier alpha value is -2.93. The fraction of sp³-hybridized carbons (Fsp3) is 0.167. The lowest BCUT2D eigenvalue weighted by Crippen LogP contribution is -2.11. The van der Waals surface area contributed by atoms with Crippen LogP contribution in [0.1, 0.15) is 32.6 Å². The average molecular weight is 355 g/mol. The summed E-state index contributed by atoms with van der Waals surface area (Å²) in [5.74, 6) is 0.310. The van der Waals surface area contributed by atoms with Gasteiger partial charge in [0.1, 0.15) is 15.5 Å². The van der Waals surface area contributed by atoms with E-state index in [0.29, 0.717) is 43.5 Å². The largest absolute Gasteiger partial charge is 0.497 e. The SMILES string of the molecule is COc1ccc(NC(=O)c2sc3nc(C)c(C(C)=O)cc3c2N)cc1. The number of amides is 1. The van der Waals surface area contributed by atoms with Crippen LogP contribution in [0.25, 0.3) is 10.2 Å². The van der Waals surface area contributed by atoms with Crippen LogP contribution in [-0.2, 0) is 0 Å². The Morgan fingerprint density at radius 2 is 1.92 bits per heavy atom. The monoisotopic (exact) mass is 355 g/mol. The normalized spacial score (nSPS) is 10.7. The number of nitrogens with zero attached hydrogens (tertiary/aromatic N) is 1. The molecule has 1 aromatic carbocycles. The van der Waals surface area contributed by atoms with Gasteiger partial charge in [0, 0.05) is 22.3 Å². The quantitative estimate of drug-likeness (QED) is 0.697. The smallest absolute Gasteiger partial charge is 0.267 e. The van der Waals surface area contributed by atoms with Crippen LogP contribution in [0.3, 0.4) is 0 Å². The minimum atomic E-state index is -0.312. The summed E-state index contributed by atoms with van der Waals surface area (Å²) in [5.41, 5.74) is 8.25. The number of benzene rings is 1. The van der Waals surface area contributed by atoms with Crippen molar-refractivity contribution >= 4 is 44.6 Å². The first-order valence-electron chi connectivity index (χ1n) is 7.56. The molecule has 0 aliphatic carbocycles. The number of thiophene rings is 1. The van der Waals surface area contributed by atoms with Crippen molar-refractivity contribution < 1.29 is 14.3 Å². The summed E-state index contributed by atoms with van der Waals surface area (Å²) < 4.78 is 5.09. The molecule has 2 aromatic heterocycles. The first-order chi connectivity index (χ1) is 11.9. The zero-order valence-electron chi connectivity index (χ0n) is 14.0. The molecule has 25 heavy (non-hydrogen) atoms. The number of Topliss-reactive ketones (excluding diaryl/α,β-unsaturated/α-hetero) is 1. The summed E-state index contributed by atoms with van der Waals surface area (Å²) in [6, 6.07) is 8.71. The second kappa shape index (κ2) is 6.52. The first-order valence-corrected chi connectivity index (χ1v) is 8.38. The molecule has 0 aliphatic heterocycles. The lowest BCUT2D eigenvalue weighted by atomic mass is 10.1. The molecule has 0 aliphatic rings. The van der Waals surface area contributed by atoms with Crippen molar-refractivity contribution in [1.29, 1.82) is 0 Å². The highest BCUT2D eigenvalue weighted by molar-refractivity contribution is 7.21. The molecule has 0 radical (unpaired) electrons. The van der Waals surface area contributed by atoms with Crippen molar-refractivity contribution in [3.05, 3.63) is 46.5 Å². The Morgan fingerprint density at radius 3 is 2.52 bits per heavy atom. The lowest BCUT2D eigenvalue weighted by Gasteiger charge is -2.05. The Balaban J connectivity index is 1.95. The van der Waals surface area contributed by atoms with Crippen LogP contribution < -0.4 is 15.8 Å². The number of nitrogen functional groups attached to an aromatic ring is 1. The number of aromatic nitrogens is 1. The molecule has 0 saturated carbocycles. The van der Waals surface area contributed by atoms with Gasteiger partial charge in [0.25, 0.3) is 5.91 Å². The number of pyridine rings is 1. The van der Waals surface area contributed by atoms with Crippen molar-refractivity contribution in [3.8, 4) is 5.75 Å². The highest BCUT2D eigenvalue weighted by Crippen LogP contribution is 2.34. The second-order valence-electron chi connectivity index (χ2n) is 5.56. The summed E-state index contributed by atoms with van der Waals surface area (Å²) in [4.78, 5) is 29.7. The van der Waals surface area contributed by atoms with Gasteiger partial charge in [-0.15, -0.1) is 11.3 Å². The third kappa shape index (κ3) is 3.18. The predicted molar refractivity (Wildman–Crippen MR) is 99.7 cm³/mol. The van der Waals surface area contributed by atoms with Gasteiger partial charge in [0.05, 0.1) is 12.8 Å². The van der Waals surface area contributed by atoms with Gasteiger partial charge in [-0.2, -0.15) is 0 Å². The Morgan fingerprint density at radius 1 is 1.24 bits per heavy atom. The molecule has 0 atom stereocenters. The van der Waals surface area contributed by atoms with Crippen molar-refractivity contribution in [2.45, 2.75) is 13.8 Å². The van der Waals surface area contributed by atoms with Crippen molar-refractivity contribution in [2.75, 3.05) is 18.2 Å². The molecule has 128 valence electrons. The molecule has 0 spiro atoms. The lowest BCUT2D eigenvalue weighted by molar-refractivity contribution is 0.101. The number of nitrogens with one attached hydrogen (secondary N) is 1. The second-order valence-corrected chi connectivity index (χ2v) is 6.56. The maximum atomic E-state index is 12.6. The predicted octanol–water partition coefficient (Wildman–Crippen LogP) is 3.65. The van der Waals surface area contributed by atoms with Crippen molar-refractivity contribution in [1.82, 2.24) is 4.98 Å². The molecule has 0 unspecified atom stereocenters. The summed E-state index contributed by atoms with van der Waals surface area (Å²) in [7, 11) is 1.58. The number of carbonyl (C=O) groups is 2. The molecule has 2 heterocycles. The van der Waals surface area contributed by atoms with Crippen LogP contribution in [0.5, 0.6) is 5.75 Å².